The number of likely N-dealkylation sites (tertiary alicyclic amines) is 1. The van der Waals surface area contributed by atoms with Crippen LogP contribution >= 0.6 is 0 Å². The number of hydrogen-bond acceptors (Lipinski definition) is 6. The Morgan fingerprint density at radius 2 is 1.81 bits per heavy atom. The van der Waals surface area contributed by atoms with Crippen LogP contribution in [0.15, 0.2) is 6.33 Å². The second-order valence-corrected chi connectivity index (χ2v) is 5.58. The maximum atomic E-state index is 5.27. The van der Waals surface area contributed by atoms with Crippen molar-refractivity contribution in [2.75, 3.05) is 40.9 Å². The largest absolute Gasteiger partial charge is 0.481 e. The lowest BCUT2D eigenvalue weighted by atomic mass is 9.94. The zero-order valence-electron chi connectivity index (χ0n) is 13.3. The summed E-state index contributed by atoms with van der Waals surface area (Å²) in [5.41, 5.74) is 0.880. The van der Waals surface area contributed by atoms with Gasteiger partial charge in [0.2, 0.25) is 11.8 Å². The van der Waals surface area contributed by atoms with Crippen LogP contribution in [-0.2, 0) is 6.54 Å². The van der Waals surface area contributed by atoms with Crippen molar-refractivity contribution in [2.45, 2.75) is 25.8 Å². The molecule has 0 saturated carbocycles. The first-order chi connectivity index (χ1) is 10.2. The van der Waals surface area contributed by atoms with E-state index in [1.165, 1.54) is 38.7 Å². The zero-order chi connectivity index (χ0) is 15.1. The molecule has 2 rings (SSSR count). The number of ether oxygens (including phenoxy) is 2. The number of nitrogens with zero attached hydrogens (tertiary/aromatic N) is 3. The molecule has 1 saturated heterocycles. The Morgan fingerprint density at radius 1 is 1.19 bits per heavy atom. The highest BCUT2D eigenvalue weighted by Crippen LogP contribution is 2.23. The molecule has 1 aromatic rings. The van der Waals surface area contributed by atoms with E-state index in [2.05, 4.69) is 27.2 Å². The Kier molecular flexibility index (Phi) is 6.20. The third-order valence-electron chi connectivity index (χ3n) is 4.12. The number of methoxy groups -OCH3 is 2. The molecule has 0 aliphatic carbocycles. The molecule has 6 nitrogen and oxygen atoms in total. The molecule has 2 heterocycles. The van der Waals surface area contributed by atoms with E-state index in [4.69, 9.17) is 9.47 Å². The fraction of sp³-hybridized carbons (Fsp3) is 0.733. The molecule has 0 aromatic carbocycles. The summed E-state index contributed by atoms with van der Waals surface area (Å²) in [6.07, 6.45) is 5.28. The lowest BCUT2D eigenvalue weighted by molar-refractivity contribution is 0.211. The highest BCUT2D eigenvalue weighted by Gasteiger charge is 2.16. The van der Waals surface area contributed by atoms with Crippen molar-refractivity contribution in [3.8, 4) is 11.8 Å². The lowest BCUT2D eigenvalue weighted by Gasteiger charge is -2.28. The van der Waals surface area contributed by atoms with Gasteiger partial charge in [0.1, 0.15) is 6.33 Å². The molecule has 0 bridgehead atoms. The van der Waals surface area contributed by atoms with Crippen LogP contribution in [0.3, 0.4) is 0 Å². The third kappa shape index (κ3) is 4.54. The molecule has 1 aliphatic heterocycles. The number of piperidine rings is 1. The first-order valence-electron chi connectivity index (χ1n) is 7.55. The van der Waals surface area contributed by atoms with Gasteiger partial charge in [-0.25, -0.2) is 9.97 Å². The molecule has 1 aliphatic rings. The van der Waals surface area contributed by atoms with Crippen molar-refractivity contribution in [3.63, 3.8) is 0 Å². The van der Waals surface area contributed by atoms with Gasteiger partial charge in [0.15, 0.2) is 0 Å². The fourth-order valence-corrected chi connectivity index (χ4v) is 2.75. The predicted molar refractivity (Wildman–Crippen MR) is 81.7 cm³/mol. The minimum Gasteiger partial charge on any atom is -0.481 e. The highest BCUT2D eigenvalue weighted by atomic mass is 16.5. The van der Waals surface area contributed by atoms with Crippen molar-refractivity contribution < 1.29 is 9.47 Å². The average Bonchev–Trinajstić information content (AvgIpc) is 2.53. The Balaban J connectivity index is 1.78. The molecular weight excluding hydrogens is 268 g/mol. The third-order valence-corrected chi connectivity index (χ3v) is 4.12. The van der Waals surface area contributed by atoms with E-state index in [-0.39, 0.29) is 0 Å². The lowest BCUT2D eigenvalue weighted by Crippen LogP contribution is -2.31. The van der Waals surface area contributed by atoms with E-state index >= 15 is 0 Å². The van der Waals surface area contributed by atoms with Gasteiger partial charge in [-0.05, 0) is 51.9 Å². The zero-order valence-corrected chi connectivity index (χ0v) is 13.3. The Labute approximate surface area is 126 Å². The van der Waals surface area contributed by atoms with E-state index < -0.39 is 0 Å². The van der Waals surface area contributed by atoms with Gasteiger partial charge < -0.3 is 19.7 Å². The van der Waals surface area contributed by atoms with Crippen LogP contribution in [0.25, 0.3) is 0 Å². The second-order valence-electron chi connectivity index (χ2n) is 5.58. The normalized spacial score (nSPS) is 16.9. The summed E-state index contributed by atoms with van der Waals surface area (Å²) in [6.45, 7) is 4.10. The molecule has 1 aromatic heterocycles. The molecule has 1 N–H and O–H groups in total. The van der Waals surface area contributed by atoms with Crippen molar-refractivity contribution in [1.82, 2.24) is 20.2 Å². The molecule has 0 unspecified atom stereocenters. The molecule has 0 amide bonds. The van der Waals surface area contributed by atoms with Crippen molar-refractivity contribution in [3.05, 3.63) is 11.9 Å². The Morgan fingerprint density at radius 3 is 2.38 bits per heavy atom. The second kappa shape index (κ2) is 8.14. The summed E-state index contributed by atoms with van der Waals surface area (Å²) in [7, 11) is 5.43. The Hall–Kier alpha value is -1.40. The molecular formula is C15H26N4O2. The summed E-state index contributed by atoms with van der Waals surface area (Å²) >= 11 is 0. The number of rotatable bonds is 7. The molecule has 118 valence electrons. The maximum absolute atomic E-state index is 5.27. The van der Waals surface area contributed by atoms with E-state index in [1.54, 1.807) is 14.2 Å². The van der Waals surface area contributed by atoms with Crippen LogP contribution in [0.5, 0.6) is 11.8 Å². The molecule has 6 heteroatoms. The van der Waals surface area contributed by atoms with Crippen LogP contribution < -0.4 is 14.8 Å². The van der Waals surface area contributed by atoms with Gasteiger partial charge in [-0.2, -0.15) is 0 Å². The Bertz CT molecular complexity index is 411. The minimum absolute atomic E-state index is 0.577. The molecule has 0 radical (unpaired) electrons. The predicted octanol–water partition coefficient (Wildman–Crippen LogP) is 1.32. The van der Waals surface area contributed by atoms with Crippen molar-refractivity contribution >= 4 is 0 Å². The van der Waals surface area contributed by atoms with Gasteiger partial charge in [-0.3, -0.25) is 0 Å². The first kappa shape index (κ1) is 16.0. The van der Waals surface area contributed by atoms with Crippen LogP contribution in [0, 0.1) is 5.92 Å². The fourth-order valence-electron chi connectivity index (χ4n) is 2.75. The molecule has 0 spiro atoms. The van der Waals surface area contributed by atoms with Crippen molar-refractivity contribution in [2.24, 2.45) is 5.92 Å². The number of aromatic nitrogens is 2. The van der Waals surface area contributed by atoms with E-state index in [0.29, 0.717) is 18.3 Å². The van der Waals surface area contributed by atoms with Crippen LogP contribution in [0.2, 0.25) is 0 Å². The summed E-state index contributed by atoms with van der Waals surface area (Å²) in [6, 6.07) is 0. The molecule has 0 atom stereocenters. The van der Waals surface area contributed by atoms with E-state index in [0.717, 1.165) is 18.0 Å². The topological polar surface area (TPSA) is 59.5 Å². The maximum Gasteiger partial charge on any atom is 0.224 e. The SMILES string of the molecule is COc1ncnc(OC)c1CNCCC1CCN(C)CC1. The summed E-state index contributed by atoms with van der Waals surface area (Å²) in [5, 5.41) is 3.46. The van der Waals surface area contributed by atoms with E-state index in [9.17, 15) is 0 Å². The highest BCUT2D eigenvalue weighted by molar-refractivity contribution is 5.34. The van der Waals surface area contributed by atoms with Crippen LogP contribution in [0.4, 0.5) is 0 Å². The van der Waals surface area contributed by atoms with E-state index in [1.807, 2.05) is 0 Å². The summed E-state index contributed by atoms with van der Waals surface area (Å²) in [5.74, 6) is 1.99. The molecule has 1 fully saturated rings. The number of nitrogens with one attached hydrogen (secondary N) is 1. The quantitative estimate of drug-likeness (QED) is 0.765. The summed E-state index contributed by atoms with van der Waals surface area (Å²) in [4.78, 5) is 10.7. The van der Waals surface area contributed by atoms with Crippen LogP contribution in [0.1, 0.15) is 24.8 Å². The minimum atomic E-state index is 0.577. The van der Waals surface area contributed by atoms with Gasteiger partial charge in [0, 0.05) is 6.54 Å². The van der Waals surface area contributed by atoms with Gasteiger partial charge in [0.05, 0.1) is 19.8 Å². The smallest absolute Gasteiger partial charge is 0.224 e. The van der Waals surface area contributed by atoms with Gasteiger partial charge >= 0.3 is 0 Å². The van der Waals surface area contributed by atoms with Gasteiger partial charge in [-0.1, -0.05) is 0 Å². The number of hydrogen-bond donors (Lipinski definition) is 1. The standard InChI is InChI=1S/C15H26N4O2/c1-19-8-5-12(6-9-19)4-7-16-10-13-14(20-2)17-11-18-15(13)21-3/h11-12,16H,4-10H2,1-3H3. The molecule has 21 heavy (non-hydrogen) atoms. The monoisotopic (exact) mass is 294 g/mol. The van der Waals surface area contributed by atoms with Gasteiger partial charge in [-0.15, -0.1) is 0 Å². The van der Waals surface area contributed by atoms with Crippen LogP contribution in [-0.4, -0.2) is 55.8 Å². The van der Waals surface area contributed by atoms with Crippen molar-refractivity contribution in [1.29, 1.82) is 0 Å². The average molecular weight is 294 g/mol. The first-order valence-corrected chi connectivity index (χ1v) is 7.55. The summed E-state index contributed by atoms with van der Waals surface area (Å²) < 4.78 is 10.5. The van der Waals surface area contributed by atoms with Gasteiger partial charge in [0.25, 0.3) is 0 Å².